The monoisotopic (exact) mass is 454 g/mol. The molecule has 0 N–H and O–H groups in total. The van der Waals surface area contributed by atoms with Gasteiger partial charge >= 0.3 is 5.97 Å². The van der Waals surface area contributed by atoms with Gasteiger partial charge in [0, 0.05) is 18.6 Å². The van der Waals surface area contributed by atoms with Crippen molar-refractivity contribution in [2.45, 2.75) is 11.5 Å². The summed E-state index contributed by atoms with van der Waals surface area (Å²) in [4.78, 5) is 16.7. The minimum atomic E-state index is -3.68. The summed E-state index contributed by atoms with van der Waals surface area (Å²) in [5.74, 6) is -0.605. The fourth-order valence-electron chi connectivity index (χ4n) is 2.22. The molecule has 1 aromatic heterocycles. The summed E-state index contributed by atoms with van der Waals surface area (Å²) < 4.78 is 32.5. The Morgan fingerprint density at radius 2 is 1.96 bits per heavy atom. The molecule has 0 unspecified atom stereocenters. The van der Waals surface area contributed by atoms with E-state index in [4.69, 9.17) is 4.74 Å². The molecule has 9 heteroatoms. The molecule has 0 aliphatic rings. The highest BCUT2D eigenvalue weighted by molar-refractivity contribution is 9.10. The van der Waals surface area contributed by atoms with Gasteiger partial charge in [0.05, 0.1) is 20.7 Å². The van der Waals surface area contributed by atoms with Crippen LogP contribution in [0.1, 0.15) is 15.4 Å². The van der Waals surface area contributed by atoms with Crippen molar-refractivity contribution in [1.29, 1.82) is 0 Å². The number of para-hydroxylation sites is 1. The Kier molecular flexibility index (Phi) is 5.42. The van der Waals surface area contributed by atoms with E-state index >= 15 is 0 Å². The van der Waals surface area contributed by atoms with Crippen LogP contribution in [-0.4, -0.2) is 37.8 Å². The molecule has 26 heavy (non-hydrogen) atoms. The van der Waals surface area contributed by atoms with E-state index < -0.39 is 16.0 Å². The van der Waals surface area contributed by atoms with Gasteiger partial charge in [-0.25, -0.2) is 22.5 Å². The highest BCUT2D eigenvalue weighted by atomic mass is 79.9. The molecule has 136 valence electrons. The molecule has 1 heterocycles. The van der Waals surface area contributed by atoms with Crippen LogP contribution in [-0.2, 0) is 21.4 Å². The second kappa shape index (κ2) is 7.43. The number of rotatable bonds is 5. The number of esters is 1. The van der Waals surface area contributed by atoms with E-state index in [0.29, 0.717) is 9.48 Å². The Morgan fingerprint density at radius 1 is 1.23 bits per heavy atom. The summed E-state index contributed by atoms with van der Waals surface area (Å²) in [6, 6.07) is 12.0. The maximum Gasteiger partial charge on any atom is 0.338 e. The predicted octanol–water partition coefficient (Wildman–Crippen LogP) is 3.67. The summed E-state index contributed by atoms with van der Waals surface area (Å²) >= 11 is 4.66. The molecule has 0 saturated carbocycles. The van der Waals surface area contributed by atoms with Crippen LogP contribution in [0.25, 0.3) is 10.2 Å². The number of thiazole rings is 1. The van der Waals surface area contributed by atoms with Crippen molar-refractivity contribution in [3.8, 4) is 0 Å². The minimum absolute atomic E-state index is 0.0111. The van der Waals surface area contributed by atoms with Gasteiger partial charge in [-0.05, 0) is 46.3 Å². The van der Waals surface area contributed by atoms with Gasteiger partial charge in [-0.2, -0.15) is 0 Å². The van der Waals surface area contributed by atoms with Crippen LogP contribution in [0.15, 0.2) is 51.8 Å². The molecule has 2 aromatic carbocycles. The second-order valence-electron chi connectivity index (χ2n) is 5.58. The number of hydrogen-bond donors (Lipinski definition) is 0. The zero-order valence-electron chi connectivity index (χ0n) is 14.0. The van der Waals surface area contributed by atoms with Crippen molar-refractivity contribution in [3.63, 3.8) is 0 Å². The maximum absolute atomic E-state index is 12.3. The van der Waals surface area contributed by atoms with Crippen molar-refractivity contribution in [1.82, 2.24) is 9.29 Å². The average molecular weight is 455 g/mol. The first-order chi connectivity index (χ1) is 12.3. The molecule has 0 saturated heterocycles. The summed E-state index contributed by atoms with van der Waals surface area (Å²) in [5.41, 5.74) is 1.02. The zero-order chi connectivity index (χ0) is 18.9. The Labute approximate surface area is 163 Å². The number of carbonyl (C=O) groups is 1. The molecule has 0 spiro atoms. The SMILES string of the molecule is CN(C)S(=O)(=O)c1cc(C(=O)OCc2nc3ccccc3s2)ccc1Br. The molecule has 0 atom stereocenters. The lowest BCUT2D eigenvalue weighted by atomic mass is 10.2. The average Bonchev–Trinajstić information content (AvgIpc) is 3.02. The zero-order valence-corrected chi connectivity index (χ0v) is 17.2. The van der Waals surface area contributed by atoms with Crippen LogP contribution >= 0.6 is 27.3 Å². The first kappa shape index (κ1) is 19.0. The normalized spacial score (nSPS) is 11.8. The first-order valence-corrected chi connectivity index (χ1v) is 10.6. The smallest absolute Gasteiger partial charge is 0.338 e. The Morgan fingerprint density at radius 3 is 2.65 bits per heavy atom. The number of hydrogen-bond acceptors (Lipinski definition) is 6. The van der Waals surface area contributed by atoms with Crippen molar-refractivity contribution in [2.24, 2.45) is 0 Å². The van der Waals surface area contributed by atoms with Gasteiger partial charge in [0.1, 0.15) is 11.6 Å². The minimum Gasteiger partial charge on any atom is -0.455 e. The summed E-state index contributed by atoms with van der Waals surface area (Å²) in [6.45, 7) is 0.0318. The third-order valence-electron chi connectivity index (χ3n) is 3.59. The molecular weight excluding hydrogens is 440 g/mol. The molecule has 3 aromatic rings. The van der Waals surface area contributed by atoms with Crippen LogP contribution in [0, 0.1) is 0 Å². The maximum atomic E-state index is 12.3. The van der Waals surface area contributed by atoms with Crippen molar-refractivity contribution < 1.29 is 17.9 Å². The van der Waals surface area contributed by atoms with E-state index in [1.165, 1.54) is 43.6 Å². The van der Waals surface area contributed by atoms with Gasteiger partial charge in [0.25, 0.3) is 0 Å². The molecular formula is C17H15BrN2O4S2. The van der Waals surface area contributed by atoms with Crippen molar-refractivity contribution in [2.75, 3.05) is 14.1 Å². The number of carbonyl (C=O) groups excluding carboxylic acids is 1. The fourth-order valence-corrected chi connectivity index (χ4v) is 4.94. The quantitative estimate of drug-likeness (QED) is 0.549. The molecule has 3 rings (SSSR count). The Bertz CT molecular complexity index is 1040. The number of sulfonamides is 1. The van der Waals surface area contributed by atoms with Gasteiger partial charge in [0.15, 0.2) is 0 Å². The number of aromatic nitrogens is 1. The van der Waals surface area contributed by atoms with Gasteiger partial charge in [-0.3, -0.25) is 0 Å². The number of benzene rings is 2. The lowest BCUT2D eigenvalue weighted by Crippen LogP contribution is -2.23. The third-order valence-corrected chi connectivity index (χ3v) is 7.41. The third kappa shape index (κ3) is 3.80. The van der Waals surface area contributed by atoms with Crippen LogP contribution in [0.2, 0.25) is 0 Å². The topological polar surface area (TPSA) is 76.6 Å². The summed E-state index contributed by atoms with van der Waals surface area (Å²) in [6.07, 6.45) is 0. The lowest BCUT2D eigenvalue weighted by molar-refractivity contribution is 0.0472. The fraction of sp³-hybridized carbons (Fsp3) is 0.176. The van der Waals surface area contributed by atoms with Crippen molar-refractivity contribution in [3.05, 3.63) is 57.5 Å². The highest BCUT2D eigenvalue weighted by Gasteiger charge is 2.22. The van der Waals surface area contributed by atoms with Crippen molar-refractivity contribution >= 4 is 53.5 Å². The molecule has 0 radical (unpaired) electrons. The highest BCUT2D eigenvalue weighted by Crippen LogP contribution is 2.26. The molecule has 0 amide bonds. The van der Waals surface area contributed by atoms with E-state index in [1.807, 2.05) is 24.3 Å². The summed E-state index contributed by atoms with van der Waals surface area (Å²) in [7, 11) is -0.819. The Balaban J connectivity index is 1.79. The predicted molar refractivity (Wildman–Crippen MR) is 104 cm³/mol. The van der Waals surface area contributed by atoms with Gasteiger partial charge in [-0.15, -0.1) is 11.3 Å². The van der Waals surface area contributed by atoms with Crippen LogP contribution in [0.5, 0.6) is 0 Å². The molecule has 0 fully saturated rings. The van der Waals surface area contributed by atoms with E-state index in [1.54, 1.807) is 0 Å². The number of halogens is 1. The van der Waals surface area contributed by atoms with E-state index in [0.717, 1.165) is 14.5 Å². The van der Waals surface area contributed by atoms with E-state index in [9.17, 15) is 13.2 Å². The van der Waals surface area contributed by atoms with E-state index in [2.05, 4.69) is 20.9 Å². The van der Waals surface area contributed by atoms with Crippen LogP contribution in [0.4, 0.5) is 0 Å². The van der Waals surface area contributed by atoms with Crippen LogP contribution < -0.4 is 0 Å². The standard InChI is InChI=1S/C17H15BrN2O4S2/c1-20(2)26(22,23)15-9-11(7-8-12(15)18)17(21)24-10-16-19-13-5-3-4-6-14(13)25-16/h3-9H,10H2,1-2H3. The van der Waals surface area contributed by atoms with Crippen LogP contribution in [0.3, 0.4) is 0 Å². The largest absolute Gasteiger partial charge is 0.455 e. The molecule has 6 nitrogen and oxygen atoms in total. The molecule has 0 bridgehead atoms. The van der Waals surface area contributed by atoms with E-state index in [-0.39, 0.29) is 17.1 Å². The first-order valence-electron chi connectivity index (χ1n) is 7.52. The molecule has 0 aliphatic carbocycles. The van der Waals surface area contributed by atoms with Gasteiger partial charge in [0.2, 0.25) is 10.0 Å². The number of nitrogens with zero attached hydrogens (tertiary/aromatic N) is 2. The summed E-state index contributed by atoms with van der Waals surface area (Å²) in [5, 5.41) is 0.679. The second-order valence-corrected chi connectivity index (χ2v) is 9.67. The van der Waals surface area contributed by atoms with Gasteiger partial charge in [-0.1, -0.05) is 12.1 Å². The van der Waals surface area contributed by atoms with Gasteiger partial charge < -0.3 is 4.74 Å². The lowest BCUT2D eigenvalue weighted by Gasteiger charge is -2.13. The Hall–Kier alpha value is -1.81. The number of ether oxygens (including phenoxy) is 1. The number of fused-ring (bicyclic) bond motifs is 1. The molecule has 0 aliphatic heterocycles.